The highest BCUT2D eigenvalue weighted by molar-refractivity contribution is 5.36. The molecule has 3 rings (SSSR count). The van der Waals surface area contributed by atoms with Crippen LogP contribution in [0.25, 0.3) is 0 Å². The Labute approximate surface area is 138 Å². The van der Waals surface area contributed by atoms with Gasteiger partial charge in [0.05, 0.1) is 0 Å². The van der Waals surface area contributed by atoms with Crippen LogP contribution in [-0.4, -0.2) is 34.2 Å². The Bertz CT molecular complexity index is 734. The Kier molecular flexibility index (Phi) is 4.96. The molecule has 0 spiro atoms. The number of hydrogen-bond acceptors (Lipinski definition) is 5. The van der Waals surface area contributed by atoms with Crippen LogP contribution in [0.15, 0.2) is 30.3 Å². The first-order chi connectivity index (χ1) is 11.6. The van der Waals surface area contributed by atoms with E-state index in [0.29, 0.717) is 18.1 Å². The standard InChI is InChI=1S/C17H17F2N5/c18-15-3-1-12(9-16(15)19)11-24-7-5-13(6-8-24)21-17-4-2-14(10-20)22-23-17/h1-4,9,13H,5-8,11H2,(H,21,23). The first-order valence-electron chi connectivity index (χ1n) is 7.80. The minimum atomic E-state index is -0.815. The number of nitrogens with zero attached hydrogens (tertiary/aromatic N) is 4. The fraction of sp³-hybridized carbons (Fsp3) is 0.353. The molecular weight excluding hydrogens is 312 g/mol. The predicted molar refractivity (Wildman–Crippen MR) is 85.0 cm³/mol. The van der Waals surface area contributed by atoms with E-state index in [2.05, 4.69) is 20.4 Å². The molecule has 1 saturated heterocycles. The number of piperidine rings is 1. The molecule has 0 atom stereocenters. The van der Waals surface area contributed by atoms with Crippen LogP contribution >= 0.6 is 0 Å². The molecule has 0 radical (unpaired) electrons. The zero-order chi connectivity index (χ0) is 16.9. The van der Waals surface area contributed by atoms with Crippen molar-refractivity contribution in [2.45, 2.75) is 25.4 Å². The smallest absolute Gasteiger partial charge is 0.163 e. The van der Waals surface area contributed by atoms with E-state index < -0.39 is 11.6 Å². The molecule has 0 unspecified atom stereocenters. The Hall–Kier alpha value is -2.59. The van der Waals surface area contributed by atoms with Crippen molar-refractivity contribution >= 4 is 5.82 Å². The number of hydrogen-bond donors (Lipinski definition) is 1. The van der Waals surface area contributed by atoms with Crippen molar-refractivity contribution in [3.05, 3.63) is 53.2 Å². The fourth-order valence-electron chi connectivity index (χ4n) is 2.81. The fourth-order valence-corrected chi connectivity index (χ4v) is 2.81. The zero-order valence-corrected chi connectivity index (χ0v) is 13.0. The predicted octanol–water partition coefficient (Wildman–Crippen LogP) is 2.70. The van der Waals surface area contributed by atoms with Crippen LogP contribution in [0.1, 0.15) is 24.1 Å². The second kappa shape index (κ2) is 7.32. The average molecular weight is 329 g/mol. The lowest BCUT2D eigenvalue weighted by atomic mass is 10.0. The van der Waals surface area contributed by atoms with Crippen LogP contribution in [0.2, 0.25) is 0 Å². The summed E-state index contributed by atoms with van der Waals surface area (Å²) < 4.78 is 26.2. The molecule has 1 aliphatic heterocycles. The van der Waals surface area contributed by atoms with Gasteiger partial charge in [-0.2, -0.15) is 5.26 Å². The van der Waals surface area contributed by atoms with Gasteiger partial charge >= 0.3 is 0 Å². The number of benzene rings is 1. The maximum absolute atomic E-state index is 13.3. The molecule has 0 amide bonds. The number of likely N-dealkylation sites (tertiary alicyclic amines) is 1. The molecule has 7 heteroatoms. The summed E-state index contributed by atoms with van der Waals surface area (Å²) in [7, 11) is 0. The second-order valence-corrected chi connectivity index (χ2v) is 5.86. The monoisotopic (exact) mass is 329 g/mol. The quantitative estimate of drug-likeness (QED) is 0.934. The maximum Gasteiger partial charge on any atom is 0.163 e. The van der Waals surface area contributed by atoms with Crippen molar-refractivity contribution in [2.75, 3.05) is 18.4 Å². The van der Waals surface area contributed by atoms with Crippen molar-refractivity contribution in [1.82, 2.24) is 15.1 Å². The van der Waals surface area contributed by atoms with Crippen LogP contribution in [0.3, 0.4) is 0 Å². The van der Waals surface area contributed by atoms with Crippen molar-refractivity contribution < 1.29 is 8.78 Å². The highest BCUT2D eigenvalue weighted by Gasteiger charge is 2.20. The normalized spacial score (nSPS) is 15.9. The highest BCUT2D eigenvalue weighted by atomic mass is 19.2. The minimum Gasteiger partial charge on any atom is -0.366 e. The van der Waals surface area contributed by atoms with Gasteiger partial charge in [0.25, 0.3) is 0 Å². The van der Waals surface area contributed by atoms with Gasteiger partial charge in [0.2, 0.25) is 0 Å². The van der Waals surface area contributed by atoms with Crippen molar-refractivity contribution in [1.29, 1.82) is 5.26 Å². The van der Waals surface area contributed by atoms with Crippen LogP contribution in [0.4, 0.5) is 14.6 Å². The molecular formula is C17H17F2N5. The van der Waals surface area contributed by atoms with E-state index in [-0.39, 0.29) is 6.04 Å². The van der Waals surface area contributed by atoms with Crippen molar-refractivity contribution in [3.63, 3.8) is 0 Å². The van der Waals surface area contributed by atoms with Crippen molar-refractivity contribution in [2.24, 2.45) is 0 Å². The van der Waals surface area contributed by atoms with Gasteiger partial charge in [-0.1, -0.05) is 6.07 Å². The summed E-state index contributed by atoms with van der Waals surface area (Å²) in [4.78, 5) is 2.22. The van der Waals surface area contributed by atoms with Gasteiger partial charge in [-0.3, -0.25) is 4.90 Å². The third-order valence-electron chi connectivity index (χ3n) is 4.11. The number of anilines is 1. The average Bonchev–Trinajstić information content (AvgIpc) is 2.61. The highest BCUT2D eigenvalue weighted by Crippen LogP contribution is 2.18. The zero-order valence-electron chi connectivity index (χ0n) is 13.0. The third kappa shape index (κ3) is 4.03. The van der Waals surface area contributed by atoms with Crippen LogP contribution < -0.4 is 5.32 Å². The number of nitrogens with one attached hydrogen (secondary N) is 1. The molecule has 5 nitrogen and oxygen atoms in total. The Morgan fingerprint density at radius 3 is 2.54 bits per heavy atom. The molecule has 0 aliphatic carbocycles. The molecule has 0 bridgehead atoms. The second-order valence-electron chi connectivity index (χ2n) is 5.86. The lowest BCUT2D eigenvalue weighted by Crippen LogP contribution is -2.38. The number of rotatable bonds is 4. The molecule has 1 fully saturated rings. The van der Waals surface area contributed by atoms with Crippen LogP contribution in [0, 0.1) is 23.0 Å². The topological polar surface area (TPSA) is 64.8 Å². The van der Waals surface area contributed by atoms with E-state index in [0.717, 1.165) is 31.5 Å². The number of halogens is 2. The Morgan fingerprint density at radius 2 is 1.92 bits per heavy atom. The van der Waals surface area contributed by atoms with Gasteiger partial charge in [0, 0.05) is 25.7 Å². The van der Waals surface area contributed by atoms with E-state index in [1.54, 1.807) is 18.2 Å². The molecule has 24 heavy (non-hydrogen) atoms. The third-order valence-corrected chi connectivity index (χ3v) is 4.11. The van der Waals surface area contributed by atoms with Gasteiger partial charge in [-0.05, 0) is 42.7 Å². The lowest BCUT2D eigenvalue weighted by molar-refractivity contribution is 0.211. The van der Waals surface area contributed by atoms with Gasteiger partial charge in [0.1, 0.15) is 11.9 Å². The Morgan fingerprint density at radius 1 is 1.12 bits per heavy atom. The molecule has 0 saturated carbocycles. The van der Waals surface area contributed by atoms with E-state index in [1.165, 1.54) is 12.1 Å². The number of nitriles is 1. The molecule has 1 aliphatic rings. The molecule has 1 N–H and O–H groups in total. The van der Waals surface area contributed by atoms with Gasteiger partial charge in [-0.15, -0.1) is 10.2 Å². The summed E-state index contributed by atoms with van der Waals surface area (Å²) in [5.74, 6) is -0.957. The van der Waals surface area contributed by atoms with E-state index in [4.69, 9.17) is 5.26 Å². The number of aromatic nitrogens is 2. The first-order valence-corrected chi connectivity index (χ1v) is 7.80. The summed E-state index contributed by atoms with van der Waals surface area (Å²) in [6.07, 6.45) is 1.84. The Balaban J connectivity index is 1.50. The summed E-state index contributed by atoms with van der Waals surface area (Å²) in [6, 6.07) is 9.65. The summed E-state index contributed by atoms with van der Waals surface area (Å²) in [5, 5.41) is 19.8. The molecule has 1 aromatic heterocycles. The van der Waals surface area contributed by atoms with Crippen molar-refractivity contribution in [3.8, 4) is 6.07 Å². The molecule has 2 aromatic rings. The SMILES string of the molecule is N#Cc1ccc(NC2CCN(Cc3ccc(F)c(F)c3)CC2)nn1. The van der Waals surface area contributed by atoms with Crippen LogP contribution in [-0.2, 0) is 6.54 Å². The van der Waals surface area contributed by atoms with Gasteiger partial charge < -0.3 is 5.32 Å². The van der Waals surface area contributed by atoms with E-state index in [1.807, 2.05) is 6.07 Å². The summed E-state index contributed by atoms with van der Waals surface area (Å²) >= 11 is 0. The van der Waals surface area contributed by atoms with Gasteiger partial charge in [0.15, 0.2) is 17.3 Å². The summed E-state index contributed by atoms with van der Waals surface area (Å²) in [5.41, 5.74) is 1.07. The first kappa shape index (κ1) is 16.3. The largest absolute Gasteiger partial charge is 0.366 e. The summed E-state index contributed by atoms with van der Waals surface area (Å²) in [6.45, 7) is 2.33. The van der Waals surface area contributed by atoms with E-state index >= 15 is 0 Å². The molecule has 1 aromatic carbocycles. The molecule has 2 heterocycles. The minimum absolute atomic E-state index is 0.286. The molecule has 124 valence electrons. The van der Waals surface area contributed by atoms with Crippen LogP contribution in [0.5, 0.6) is 0 Å². The van der Waals surface area contributed by atoms with Gasteiger partial charge in [-0.25, -0.2) is 8.78 Å². The maximum atomic E-state index is 13.3. The lowest BCUT2D eigenvalue weighted by Gasteiger charge is -2.32. The van der Waals surface area contributed by atoms with E-state index in [9.17, 15) is 8.78 Å².